The smallest absolute Gasteiger partial charge is 0.255 e. The van der Waals surface area contributed by atoms with Crippen LogP contribution in [0.4, 0.5) is 0 Å². The minimum absolute atomic E-state index is 0.0210. The molecule has 2 fully saturated rings. The Labute approximate surface area is 145 Å². The largest absolute Gasteiger partial charge is 0.379 e. The highest BCUT2D eigenvalue weighted by Gasteiger charge is 2.31. The third-order valence-corrected chi connectivity index (χ3v) is 4.91. The number of pyridine rings is 1. The number of rotatable bonds is 5. The molecule has 0 radical (unpaired) electrons. The van der Waals surface area contributed by atoms with Crippen molar-refractivity contribution in [2.45, 2.75) is 31.4 Å². The zero-order chi connectivity index (χ0) is 17.2. The van der Waals surface area contributed by atoms with Crippen LogP contribution in [-0.2, 0) is 9.47 Å². The number of H-pyrrole nitrogens is 1. The van der Waals surface area contributed by atoms with Gasteiger partial charge in [-0.25, -0.2) is 0 Å². The van der Waals surface area contributed by atoms with Crippen molar-refractivity contribution in [3.63, 3.8) is 0 Å². The van der Waals surface area contributed by atoms with E-state index in [9.17, 15) is 9.59 Å². The van der Waals surface area contributed by atoms with E-state index in [0.29, 0.717) is 35.5 Å². The normalized spacial score (nSPS) is 23.5. The number of fused-ring (bicyclic) bond motifs is 1. The number of aromatic nitrogens is 1. The molecule has 1 aliphatic carbocycles. The van der Waals surface area contributed by atoms with Crippen LogP contribution in [0.1, 0.15) is 29.6 Å². The quantitative estimate of drug-likeness (QED) is 0.869. The molecule has 0 spiro atoms. The minimum Gasteiger partial charge on any atom is -0.379 e. The molecule has 1 aromatic carbocycles. The van der Waals surface area contributed by atoms with Gasteiger partial charge in [-0.1, -0.05) is 18.2 Å². The van der Waals surface area contributed by atoms with E-state index < -0.39 is 0 Å². The molecule has 6 heteroatoms. The van der Waals surface area contributed by atoms with Crippen LogP contribution in [0.2, 0.25) is 0 Å². The highest BCUT2D eigenvalue weighted by molar-refractivity contribution is 6.06. The number of benzene rings is 1. The fraction of sp³-hybridized carbons (Fsp3) is 0.474. The van der Waals surface area contributed by atoms with Crippen molar-refractivity contribution >= 4 is 16.7 Å². The number of hydrogen-bond donors (Lipinski definition) is 2. The Morgan fingerprint density at radius 3 is 2.84 bits per heavy atom. The predicted molar refractivity (Wildman–Crippen MR) is 93.7 cm³/mol. The maximum absolute atomic E-state index is 12.8. The summed E-state index contributed by atoms with van der Waals surface area (Å²) in [6.07, 6.45) is 4.72. The lowest BCUT2D eigenvalue weighted by molar-refractivity contribution is -0.0567. The van der Waals surface area contributed by atoms with E-state index in [2.05, 4.69) is 10.3 Å². The van der Waals surface area contributed by atoms with Gasteiger partial charge in [-0.05, 0) is 31.2 Å². The van der Waals surface area contributed by atoms with Crippen molar-refractivity contribution < 1.29 is 14.3 Å². The number of hydrogen-bond acceptors (Lipinski definition) is 4. The lowest BCUT2D eigenvalue weighted by atomic mass is 10.0. The Kier molecular flexibility index (Phi) is 4.55. The van der Waals surface area contributed by atoms with E-state index in [1.807, 2.05) is 6.07 Å². The van der Waals surface area contributed by atoms with Crippen molar-refractivity contribution in [3.8, 4) is 0 Å². The summed E-state index contributed by atoms with van der Waals surface area (Å²) in [4.78, 5) is 27.4. The van der Waals surface area contributed by atoms with Crippen LogP contribution in [0.3, 0.4) is 0 Å². The minimum atomic E-state index is -0.219. The Morgan fingerprint density at radius 1 is 1.24 bits per heavy atom. The Balaban J connectivity index is 1.52. The summed E-state index contributed by atoms with van der Waals surface area (Å²) in [7, 11) is 0. The van der Waals surface area contributed by atoms with E-state index in [0.717, 1.165) is 13.0 Å². The van der Waals surface area contributed by atoms with E-state index in [1.165, 1.54) is 19.0 Å². The van der Waals surface area contributed by atoms with Gasteiger partial charge in [-0.2, -0.15) is 0 Å². The number of aromatic amines is 1. The van der Waals surface area contributed by atoms with Gasteiger partial charge in [0.05, 0.1) is 24.3 Å². The van der Waals surface area contributed by atoms with Gasteiger partial charge >= 0.3 is 0 Å². The Bertz CT molecular complexity index is 828. The summed E-state index contributed by atoms with van der Waals surface area (Å²) in [5.41, 5.74) is 0.264. The van der Waals surface area contributed by atoms with Gasteiger partial charge in [0, 0.05) is 30.2 Å². The summed E-state index contributed by atoms with van der Waals surface area (Å²) in [6.45, 7) is 1.87. The number of carbonyl (C=O) groups is 1. The maximum Gasteiger partial charge on any atom is 0.255 e. The van der Waals surface area contributed by atoms with Crippen molar-refractivity contribution in [1.82, 2.24) is 10.3 Å². The van der Waals surface area contributed by atoms with Gasteiger partial charge < -0.3 is 19.8 Å². The van der Waals surface area contributed by atoms with Crippen LogP contribution in [0, 0.1) is 5.92 Å². The maximum atomic E-state index is 12.8. The van der Waals surface area contributed by atoms with Gasteiger partial charge in [0.15, 0.2) is 0 Å². The van der Waals surface area contributed by atoms with Gasteiger partial charge in [0.2, 0.25) is 0 Å². The second kappa shape index (κ2) is 6.98. The van der Waals surface area contributed by atoms with Crippen LogP contribution in [0.5, 0.6) is 0 Å². The first-order chi connectivity index (χ1) is 12.2. The van der Waals surface area contributed by atoms with Crippen LogP contribution in [0.25, 0.3) is 10.8 Å². The van der Waals surface area contributed by atoms with E-state index >= 15 is 0 Å². The van der Waals surface area contributed by atoms with Crippen LogP contribution in [0.15, 0.2) is 35.3 Å². The van der Waals surface area contributed by atoms with E-state index in [4.69, 9.17) is 9.47 Å². The molecule has 2 aliphatic rings. The summed E-state index contributed by atoms with van der Waals surface area (Å²) in [6, 6.07) is 6.94. The molecule has 1 aromatic heterocycles. The molecule has 6 nitrogen and oxygen atoms in total. The molecule has 1 saturated heterocycles. The Morgan fingerprint density at radius 2 is 2.04 bits per heavy atom. The lowest BCUT2D eigenvalue weighted by Gasteiger charge is -2.32. The summed E-state index contributed by atoms with van der Waals surface area (Å²) >= 11 is 0. The zero-order valence-electron chi connectivity index (χ0n) is 14.0. The van der Waals surface area contributed by atoms with Crippen LogP contribution < -0.4 is 10.9 Å². The number of carbonyl (C=O) groups excluding carboxylic acids is 1. The van der Waals surface area contributed by atoms with Crippen molar-refractivity contribution in [2.24, 2.45) is 5.92 Å². The summed E-state index contributed by atoms with van der Waals surface area (Å²) in [5.74, 6) is 0.463. The molecule has 25 heavy (non-hydrogen) atoms. The Hall–Kier alpha value is -2.18. The predicted octanol–water partition coefficient (Wildman–Crippen LogP) is 1.84. The van der Waals surface area contributed by atoms with Gasteiger partial charge in [-0.15, -0.1) is 0 Å². The third kappa shape index (κ3) is 3.60. The standard InChI is InChI=1S/C19H22N2O4/c22-18-14-4-2-1-3-13(14)15(9-20-18)19(23)21-16-11-24-8-7-17(16)25-10-12-5-6-12/h1-4,9,12,16-17H,5-8,10-11H2,(H,20,22)(H,21,23)/t16-,17+/m1/s1. The second-order valence-electron chi connectivity index (χ2n) is 6.84. The SMILES string of the molecule is O=C(N[C@@H]1COCC[C@@H]1OCC1CC1)c1c[nH]c(=O)c2ccccc12. The molecule has 4 rings (SSSR count). The molecule has 2 atom stereocenters. The molecule has 2 heterocycles. The van der Waals surface area contributed by atoms with E-state index in [1.54, 1.807) is 18.2 Å². The van der Waals surface area contributed by atoms with Crippen LogP contribution in [-0.4, -0.2) is 42.9 Å². The van der Waals surface area contributed by atoms with Crippen molar-refractivity contribution in [2.75, 3.05) is 19.8 Å². The van der Waals surface area contributed by atoms with Gasteiger partial charge in [0.1, 0.15) is 0 Å². The molecular weight excluding hydrogens is 320 g/mol. The molecule has 0 unspecified atom stereocenters. The van der Waals surface area contributed by atoms with Gasteiger partial charge in [-0.3, -0.25) is 9.59 Å². The molecule has 2 aromatic rings. The fourth-order valence-electron chi connectivity index (χ4n) is 3.24. The average Bonchev–Trinajstić information content (AvgIpc) is 3.46. The summed E-state index contributed by atoms with van der Waals surface area (Å²) in [5, 5.41) is 4.19. The van der Waals surface area contributed by atoms with E-state index in [-0.39, 0.29) is 23.6 Å². The zero-order valence-corrected chi connectivity index (χ0v) is 14.0. The lowest BCUT2D eigenvalue weighted by Crippen LogP contribution is -2.50. The highest BCUT2D eigenvalue weighted by Crippen LogP contribution is 2.30. The second-order valence-corrected chi connectivity index (χ2v) is 6.84. The average molecular weight is 342 g/mol. The van der Waals surface area contributed by atoms with Crippen molar-refractivity contribution in [3.05, 3.63) is 46.4 Å². The van der Waals surface area contributed by atoms with Crippen LogP contribution >= 0.6 is 0 Å². The number of amides is 1. The number of ether oxygens (including phenoxy) is 2. The molecule has 1 amide bonds. The first-order valence-corrected chi connectivity index (χ1v) is 8.83. The summed E-state index contributed by atoms with van der Waals surface area (Å²) < 4.78 is 11.5. The first kappa shape index (κ1) is 16.3. The molecule has 132 valence electrons. The van der Waals surface area contributed by atoms with Crippen molar-refractivity contribution in [1.29, 1.82) is 0 Å². The highest BCUT2D eigenvalue weighted by atomic mass is 16.5. The first-order valence-electron chi connectivity index (χ1n) is 8.83. The molecule has 2 N–H and O–H groups in total. The topological polar surface area (TPSA) is 80.4 Å². The molecule has 1 aliphatic heterocycles. The third-order valence-electron chi connectivity index (χ3n) is 4.91. The molecule has 0 bridgehead atoms. The molecular formula is C19H22N2O4. The fourth-order valence-corrected chi connectivity index (χ4v) is 3.24. The van der Waals surface area contributed by atoms with Gasteiger partial charge in [0.25, 0.3) is 11.5 Å². The molecule has 1 saturated carbocycles. The number of nitrogens with one attached hydrogen (secondary N) is 2. The monoisotopic (exact) mass is 342 g/mol.